The number of quaternary nitrogens is 1. The van der Waals surface area contributed by atoms with Crippen molar-refractivity contribution in [3.05, 3.63) is 72.9 Å². The highest BCUT2D eigenvalue weighted by Gasteiger charge is 2.21. The minimum atomic E-state index is -4.66. The van der Waals surface area contributed by atoms with Gasteiger partial charge in [-0.2, -0.15) is 0 Å². The van der Waals surface area contributed by atoms with E-state index < -0.39 is 38.6 Å². The summed E-state index contributed by atoms with van der Waals surface area (Å²) in [5.41, 5.74) is 0. The summed E-state index contributed by atoms with van der Waals surface area (Å²) in [6, 6.07) is 0. The van der Waals surface area contributed by atoms with Gasteiger partial charge in [0.15, 0.2) is 6.10 Å². The highest BCUT2D eigenvalue weighted by atomic mass is 31.2. The topological polar surface area (TPSA) is 131 Å². The van der Waals surface area contributed by atoms with Crippen LogP contribution >= 0.6 is 7.82 Å². The number of rotatable bonds is 38. The van der Waals surface area contributed by atoms with Crippen LogP contribution in [0.5, 0.6) is 0 Å². The molecule has 0 spiro atoms. The second-order valence-corrected chi connectivity index (χ2v) is 16.9. The van der Waals surface area contributed by atoms with E-state index in [-0.39, 0.29) is 26.1 Å². The normalized spacial score (nSPS) is 14.9. The molecule has 0 aromatic carbocycles. The van der Waals surface area contributed by atoms with E-state index in [2.05, 4.69) is 44.2 Å². The van der Waals surface area contributed by atoms with Crippen molar-refractivity contribution >= 4 is 19.8 Å². The average molecular weight is 822 g/mol. The van der Waals surface area contributed by atoms with Crippen LogP contribution in [0.2, 0.25) is 0 Å². The molecule has 0 saturated carbocycles. The average Bonchev–Trinajstić information content (AvgIpc) is 3.15. The van der Waals surface area contributed by atoms with E-state index in [1.54, 1.807) is 6.08 Å². The van der Waals surface area contributed by atoms with Crippen molar-refractivity contribution in [3.63, 3.8) is 0 Å². The van der Waals surface area contributed by atoms with Gasteiger partial charge in [-0.15, -0.1) is 0 Å². The van der Waals surface area contributed by atoms with Gasteiger partial charge in [0.25, 0.3) is 7.82 Å². The van der Waals surface area contributed by atoms with Gasteiger partial charge in [-0.3, -0.25) is 14.2 Å². The number of unbranched alkanes of at least 4 members (excludes halogenated alkanes) is 12. The molecule has 3 atom stereocenters. The van der Waals surface area contributed by atoms with Gasteiger partial charge in [0.1, 0.15) is 19.8 Å². The number of allylic oxidation sites excluding steroid dienone is 10. The molecular weight excluding hydrogens is 741 g/mol. The molecule has 0 bridgehead atoms. The number of carbonyl (C=O) groups excluding carboxylic acids is 2. The van der Waals surface area contributed by atoms with E-state index in [0.29, 0.717) is 36.7 Å². The number of hydrogen-bond donors (Lipinski definition) is 1. The van der Waals surface area contributed by atoms with E-state index in [4.69, 9.17) is 18.5 Å². The summed E-state index contributed by atoms with van der Waals surface area (Å²) in [5.74, 6) is -0.958. The third-order valence-electron chi connectivity index (χ3n) is 8.79. The Kier molecular flexibility index (Phi) is 36.0. The molecule has 0 aromatic heterocycles. The Hall–Kier alpha value is -2.59. The van der Waals surface area contributed by atoms with Crippen LogP contribution in [0, 0.1) is 0 Å². The molecule has 0 radical (unpaired) electrons. The van der Waals surface area contributed by atoms with Crippen molar-refractivity contribution in [2.75, 3.05) is 47.5 Å². The fourth-order valence-corrected chi connectivity index (χ4v) is 6.08. The third-order valence-corrected chi connectivity index (χ3v) is 9.75. The van der Waals surface area contributed by atoms with Crippen LogP contribution < -0.4 is 4.89 Å². The summed E-state index contributed by atoms with van der Waals surface area (Å²) in [6.07, 6.45) is 42.5. The SMILES string of the molecule is CC/C=C\C/C=C\CC(O)/C=C/C=C\C/C=C\CCCC(=O)OC[C@H](COP(=O)([O-])OCC[N+](C)(C)C)OC(=O)CCCCCCC/C=C\CCCCCCCC. The Balaban J connectivity index is 4.55. The lowest BCUT2D eigenvalue weighted by Crippen LogP contribution is -2.37. The number of aliphatic hydroxyl groups excluding tert-OH is 1. The summed E-state index contributed by atoms with van der Waals surface area (Å²) in [4.78, 5) is 37.5. The molecule has 0 amide bonds. The fourth-order valence-electron chi connectivity index (χ4n) is 5.36. The Morgan fingerprint density at radius 1 is 0.667 bits per heavy atom. The lowest BCUT2D eigenvalue weighted by molar-refractivity contribution is -0.870. The van der Waals surface area contributed by atoms with E-state index >= 15 is 0 Å². The molecule has 0 fully saturated rings. The van der Waals surface area contributed by atoms with Gasteiger partial charge in [-0.25, -0.2) is 0 Å². The zero-order valence-corrected chi connectivity index (χ0v) is 37.3. The standard InChI is InChI=1S/C46H80NO9P/c1-6-8-10-12-14-15-16-17-18-19-20-21-26-30-34-38-46(50)56-44(42-55-57(51,52)54-40-39-47(3,4)5)41-53-45(49)37-33-29-25-23-22-24-28-32-36-43(48)35-31-27-13-11-9-7-2/h9,11,17-18,23-25,27-28,31-32,36,43-44,48H,6-8,10,12-16,19-22,26,29-30,33-35,37-42H2,1-5H3/b11-9-,18-17-,25-23-,28-24-,31-27-,36-32+/t43?,44-/m1/s1. The second-order valence-electron chi connectivity index (χ2n) is 15.5. The van der Waals surface area contributed by atoms with Crippen molar-refractivity contribution in [1.82, 2.24) is 0 Å². The van der Waals surface area contributed by atoms with Gasteiger partial charge < -0.3 is 33.0 Å². The molecule has 0 aliphatic heterocycles. The third kappa shape index (κ3) is 41.4. The number of nitrogens with zero attached hydrogens (tertiary/aromatic N) is 1. The van der Waals surface area contributed by atoms with E-state index in [1.165, 1.54) is 38.5 Å². The molecule has 57 heavy (non-hydrogen) atoms. The number of phosphoric ester groups is 1. The van der Waals surface area contributed by atoms with Gasteiger partial charge in [0, 0.05) is 12.8 Å². The predicted molar refractivity (Wildman–Crippen MR) is 232 cm³/mol. The Morgan fingerprint density at radius 3 is 1.93 bits per heavy atom. The van der Waals surface area contributed by atoms with E-state index in [9.17, 15) is 24.2 Å². The second kappa shape index (κ2) is 37.7. The summed E-state index contributed by atoms with van der Waals surface area (Å²) in [6.45, 7) is 3.92. The van der Waals surface area contributed by atoms with Crippen LogP contribution in [-0.4, -0.2) is 81.2 Å². The zero-order valence-electron chi connectivity index (χ0n) is 36.4. The molecule has 0 aliphatic carbocycles. The summed E-state index contributed by atoms with van der Waals surface area (Å²) >= 11 is 0. The largest absolute Gasteiger partial charge is 0.756 e. The molecular formula is C46H80NO9P. The molecule has 1 N–H and O–H groups in total. The van der Waals surface area contributed by atoms with Crippen molar-refractivity contribution in [1.29, 1.82) is 0 Å². The highest BCUT2D eigenvalue weighted by Crippen LogP contribution is 2.38. The van der Waals surface area contributed by atoms with Crippen molar-refractivity contribution in [2.24, 2.45) is 0 Å². The first kappa shape index (κ1) is 54.4. The Bertz CT molecular complexity index is 1220. The zero-order chi connectivity index (χ0) is 42.3. The van der Waals surface area contributed by atoms with Crippen LogP contribution in [0.25, 0.3) is 0 Å². The fraction of sp³-hybridized carbons (Fsp3) is 0.696. The lowest BCUT2D eigenvalue weighted by Gasteiger charge is -2.28. The Labute approximate surface area is 347 Å². The maximum Gasteiger partial charge on any atom is 0.306 e. The maximum atomic E-state index is 12.7. The molecule has 328 valence electrons. The van der Waals surface area contributed by atoms with Crippen molar-refractivity contribution in [3.8, 4) is 0 Å². The molecule has 0 heterocycles. The van der Waals surface area contributed by atoms with Crippen LogP contribution in [0.4, 0.5) is 0 Å². The number of carbonyl (C=O) groups is 2. The molecule has 11 heteroatoms. The van der Waals surface area contributed by atoms with E-state index in [1.807, 2.05) is 57.6 Å². The van der Waals surface area contributed by atoms with Crippen molar-refractivity contribution in [2.45, 2.75) is 161 Å². The first-order valence-corrected chi connectivity index (χ1v) is 23.2. The van der Waals surface area contributed by atoms with Gasteiger partial charge in [0.05, 0.1) is 33.9 Å². The maximum absolute atomic E-state index is 12.7. The molecule has 2 unspecified atom stereocenters. The van der Waals surface area contributed by atoms with Gasteiger partial charge in [-0.1, -0.05) is 138 Å². The number of hydrogen-bond acceptors (Lipinski definition) is 9. The summed E-state index contributed by atoms with van der Waals surface area (Å²) < 4.78 is 33.8. The number of likely N-dealkylation sites (N-methyl/N-ethyl adjacent to an activating group) is 1. The predicted octanol–water partition coefficient (Wildman–Crippen LogP) is 10.6. The molecule has 0 rings (SSSR count). The first-order chi connectivity index (χ1) is 27.4. The minimum absolute atomic E-state index is 0.0546. The molecule has 0 aromatic rings. The van der Waals surface area contributed by atoms with Gasteiger partial charge >= 0.3 is 11.9 Å². The number of esters is 2. The number of ether oxygens (including phenoxy) is 2. The molecule has 0 saturated heterocycles. The van der Waals surface area contributed by atoms with Crippen LogP contribution in [0.1, 0.15) is 149 Å². The summed E-state index contributed by atoms with van der Waals surface area (Å²) in [7, 11) is 1.08. The Morgan fingerprint density at radius 2 is 1.25 bits per heavy atom. The first-order valence-electron chi connectivity index (χ1n) is 21.8. The molecule has 0 aliphatic rings. The molecule has 10 nitrogen and oxygen atoms in total. The number of phosphoric acid groups is 1. The van der Waals surface area contributed by atoms with Crippen LogP contribution in [-0.2, 0) is 32.7 Å². The van der Waals surface area contributed by atoms with Gasteiger partial charge in [-0.05, 0) is 70.6 Å². The van der Waals surface area contributed by atoms with Gasteiger partial charge in [0.2, 0.25) is 0 Å². The lowest BCUT2D eigenvalue weighted by atomic mass is 10.1. The number of aliphatic hydroxyl groups is 1. The van der Waals surface area contributed by atoms with Crippen molar-refractivity contribution < 1.29 is 47.2 Å². The smallest absolute Gasteiger partial charge is 0.306 e. The monoisotopic (exact) mass is 822 g/mol. The summed E-state index contributed by atoms with van der Waals surface area (Å²) in [5, 5.41) is 10.0. The van der Waals surface area contributed by atoms with Crippen LogP contribution in [0.3, 0.4) is 0 Å². The quantitative estimate of drug-likeness (QED) is 0.0161. The highest BCUT2D eigenvalue weighted by molar-refractivity contribution is 7.45. The van der Waals surface area contributed by atoms with E-state index in [0.717, 1.165) is 57.8 Å². The minimum Gasteiger partial charge on any atom is -0.756 e. The van der Waals surface area contributed by atoms with Crippen LogP contribution in [0.15, 0.2) is 72.9 Å².